The second-order valence-electron chi connectivity index (χ2n) is 6.93. The second kappa shape index (κ2) is 6.06. The van der Waals surface area contributed by atoms with Crippen molar-refractivity contribution in [2.75, 3.05) is 13.1 Å². The van der Waals surface area contributed by atoms with E-state index >= 15 is 0 Å². The van der Waals surface area contributed by atoms with E-state index in [0.29, 0.717) is 12.8 Å². The summed E-state index contributed by atoms with van der Waals surface area (Å²) in [4.78, 5) is 72.6. The Morgan fingerprint density at radius 3 is 1.19 bits per heavy atom. The highest BCUT2D eigenvalue weighted by Crippen LogP contribution is 2.48. The Labute approximate surface area is 148 Å². The van der Waals surface area contributed by atoms with Crippen molar-refractivity contribution in [1.29, 1.82) is 0 Å². The molecule has 3 aliphatic rings. The summed E-state index contributed by atoms with van der Waals surface area (Å²) in [5.74, 6) is -4.40. The molecule has 0 spiro atoms. The number of rotatable bonds is 8. The van der Waals surface area contributed by atoms with E-state index in [1.807, 2.05) is 0 Å². The number of hydrogen-bond donors (Lipinski definition) is 4. The smallest absolute Gasteiger partial charge is 0.244 e. The summed E-state index contributed by atoms with van der Waals surface area (Å²) in [6, 6.07) is -2.71. The van der Waals surface area contributed by atoms with E-state index in [-0.39, 0.29) is 25.9 Å². The molecule has 1 saturated heterocycles. The molecular formula is C16H20N4O6. The minimum atomic E-state index is -1.59. The van der Waals surface area contributed by atoms with E-state index in [4.69, 9.17) is 11.5 Å². The Morgan fingerprint density at radius 1 is 0.654 bits per heavy atom. The molecule has 140 valence electrons. The molecule has 1 heterocycles. The number of amides is 2. The topological polar surface area (TPSA) is 179 Å². The van der Waals surface area contributed by atoms with E-state index in [0.717, 1.165) is 0 Å². The second-order valence-corrected chi connectivity index (χ2v) is 6.93. The van der Waals surface area contributed by atoms with Gasteiger partial charge in [0.1, 0.15) is 22.9 Å². The maximum atomic E-state index is 12.5. The predicted octanol–water partition coefficient (Wildman–Crippen LogP) is -3.28. The van der Waals surface area contributed by atoms with Crippen LogP contribution in [-0.2, 0) is 28.8 Å². The summed E-state index contributed by atoms with van der Waals surface area (Å²) in [5.41, 5.74) is 7.65. The summed E-state index contributed by atoms with van der Waals surface area (Å²) in [5, 5.41) is 4.77. The number of piperazine rings is 1. The van der Waals surface area contributed by atoms with Crippen LogP contribution >= 0.6 is 0 Å². The van der Waals surface area contributed by atoms with Crippen LogP contribution in [0.4, 0.5) is 0 Å². The van der Waals surface area contributed by atoms with Crippen molar-refractivity contribution in [2.24, 2.45) is 22.3 Å². The number of Topliss-reactive ketones (excluding diaryl/α,β-unsaturated/α-hetero) is 4. The van der Waals surface area contributed by atoms with E-state index in [2.05, 4.69) is 10.6 Å². The van der Waals surface area contributed by atoms with Gasteiger partial charge in [0, 0.05) is 0 Å². The molecule has 1 aliphatic heterocycles. The zero-order valence-corrected chi connectivity index (χ0v) is 14.0. The fourth-order valence-electron chi connectivity index (χ4n) is 3.87. The van der Waals surface area contributed by atoms with Crippen LogP contribution in [0.2, 0.25) is 0 Å². The van der Waals surface area contributed by atoms with Crippen LogP contribution < -0.4 is 22.1 Å². The lowest BCUT2D eigenvalue weighted by Gasteiger charge is -2.35. The molecule has 0 radical (unpaired) electrons. The van der Waals surface area contributed by atoms with Crippen LogP contribution in [0.25, 0.3) is 0 Å². The third kappa shape index (κ3) is 2.25. The van der Waals surface area contributed by atoms with Gasteiger partial charge in [-0.3, -0.25) is 28.8 Å². The maximum absolute atomic E-state index is 12.5. The molecule has 6 N–H and O–H groups in total. The Hall–Kier alpha value is -2.46. The lowest BCUT2D eigenvalue weighted by molar-refractivity contribution is -0.143. The molecule has 10 heteroatoms. The van der Waals surface area contributed by atoms with Gasteiger partial charge >= 0.3 is 0 Å². The van der Waals surface area contributed by atoms with Crippen LogP contribution in [0, 0.1) is 10.8 Å². The van der Waals surface area contributed by atoms with E-state index in [1.165, 1.54) is 0 Å². The molecule has 0 bridgehead atoms. The molecule has 2 unspecified atom stereocenters. The monoisotopic (exact) mass is 364 g/mol. The van der Waals surface area contributed by atoms with Crippen LogP contribution in [-0.4, -0.2) is 60.1 Å². The van der Waals surface area contributed by atoms with Crippen molar-refractivity contribution in [3.8, 4) is 0 Å². The number of carbonyl (C=O) groups excluding carboxylic acids is 6. The predicted molar refractivity (Wildman–Crippen MR) is 85.3 cm³/mol. The SMILES string of the molecule is NCCCC1(C2NC(=O)C(C3(CCCN)C(=O)C3=O)NC2=O)C(=O)C1=O. The molecule has 3 rings (SSSR count). The first kappa shape index (κ1) is 18.3. The highest BCUT2D eigenvalue weighted by molar-refractivity contribution is 6.65. The quantitative estimate of drug-likeness (QED) is 0.256. The first-order valence-electron chi connectivity index (χ1n) is 8.48. The molecule has 10 nitrogen and oxygen atoms in total. The van der Waals surface area contributed by atoms with E-state index in [1.54, 1.807) is 0 Å². The molecule has 0 aromatic rings. The lowest BCUT2D eigenvalue weighted by Crippen LogP contribution is -2.67. The van der Waals surface area contributed by atoms with E-state index in [9.17, 15) is 28.8 Å². The van der Waals surface area contributed by atoms with Gasteiger partial charge in [-0.25, -0.2) is 0 Å². The number of ketones is 4. The summed E-state index contributed by atoms with van der Waals surface area (Å²) >= 11 is 0. The molecule has 0 aromatic carbocycles. The van der Waals surface area contributed by atoms with Gasteiger partial charge < -0.3 is 22.1 Å². The van der Waals surface area contributed by atoms with Crippen LogP contribution in [0.1, 0.15) is 25.7 Å². The first-order chi connectivity index (χ1) is 12.3. The Kier molecular flexibility index (Phi) is 4.27. The minimum absolute atomic E-state index is 0.0559. The number of nitrogens with two attached hydrogens (primary N) is 2. The van der Waals surface area contributed by atoms with Crippen molar-refractivity contribution in [3.63, 3.8) is 0 Å². The molecule has 3 fully saturated rings. The van der Waals surface area contributed by atoms with Gasteiger partial charge in [-0.2, -0.15) is 0 Å². The van der Waals surface area contributed by atoms with Crippen LogP contribution in [0.15, 0.2) is 0 Å². The van der Waals surface area contributed by atoms with Crippen molar-refractivity contribution >= 4 is 34.9 Å². The third-order valence-electron chi connectivity index (χ3n) is 5.54. The Bertz CT molecular complexity index is 655. The molecule has 2 aliphatic carbocycles. The van der Waals surface area contributed by atoms with Gasteiger partial charge in [-0.1, -0.05) is 0 Å². The minimum Gasteiger partial charge on any atom is -0.341 e. The van der Waals surface area contributed by atoms with E-state index < -0.39 is 57.9 Å². The Morgan fingerprint density at radius 2 is 0.962 bits per heavy atom. The first-order valence-corrected chi connectivity index (χ1v) is 8.48. The van der Waals surface area contributed by atoms with Gasteiger partial charge in [-0.05, 0) is 38.8 Å². The summed E-state index contributed by atoms with van der Waals surface area (Å²) in [6.45, 7) is 0.441. The molecule has 2 amide bonds. The lowest BCUT2D eigenvalue weighted by atomic mass is 9.83. The van der Waals surface area contributed by atoms with Crippen molar-refractivity contribution in [3.05, 3.63) is 0 Å². The average Bonchev–Trinajstić information content (AvgIpc) is 3.37. The number of nitrogens with one attached hydrogen (secondary N) is 2. The normalized spacial score (nSPS) is 28.7. The molecule has 2 saturated carbocycles. The van der Waals surface area contributed by atoms with Crippen molar-refractivity contribution in [2.45, 2.75) is 37.8 Å². The van der Waals surface area contributed by atoms with Gasteiger partial charge in [0.2, 0.25) is 34.9 Å². The molecule has 2 atom stereocenters. The molecule has 26 heavy (non-hydrogen) atoms. The number of hydrogen-bond acceptors (Lipinski definition) is 8. The molecular weight excluding hydrogens is 344 g/mol. The van der Waals surface area contributed by atoms with Crippen molar-refractivity contribution in [1.82, 2.24) is 10.6 Å². The summed E-state index contributed by atoms with van der Waals surface area (Å²) in [7, 11) is 0. The van der Waals surface area contributed by atoms with Crippen LogP contribution in [0.5, 0.6) is 0 Å². The highest BCUT2D eigenvalue weighted by atomic mass is 16.2. The van der Waals surface area contributed by atoms with Gasteiger partial charge in [0.25, 0.3) is 0 Å². The zero-order valence-electron chi connectivity index (χ0n) is 14.0. The highest BCUT2D eigenvalue weighted by Gasteiger charge is 2.75. The van der Waals surface area contributed by atoms with Crippen molar-refractivity contribution < 1.29 is 28.8 Å². The molecule has 0 aromatic heterocycles. The maximum Gasteiger partial charge on any atom is 0.244 e. The Balaban J connectivity index is 1.82. The van der Waals surface area contributed by atoms with Crippen LogP contribution in [0.3, 0.4) is 0 Å². The zero-order chi connectivity index (χ0) is 19.3. The number of carbonyl (C=O) groups is 6. The van der Waals surface area contributed by atoms with Gasteiger partial charge in [0.05, 0.1) is 0 Å². The summed E-state index contributed by atoms with van der Waals surface area (Å²) in [6.07, 6.45) is 0.774. The van der Waals surface area contributed by atoms with Gasteiger partial charge in [0.15, 0.2) is 0 Å². The largest absolute Gasteiger partial charge is 0.341 e. The fourth-order valence-corrected chi connectivity index (χ4v) is 3.87. The van der Waals surface area contributed by atoms with Gasteiger partial charge in [-0.15, -0.1) is 0 Å². The summed E-state index contributed by atoms with van der Waals surface area (Å²) < 4.78 is 0. The third-order valence-corrected chi connectivity index (χ3v) is 5.54. The average molecular weight is 364 g/mol. The standard InChI is InChI=1S/C16H20N4O6/c17-5-1-3-15(9(21)10(15)22)7-13(25)20-8(14(26)19-7)16(4-2-6-18)11(23)12(16)24/h7-8H,1-6,17-18H2,(H,19,26)(H,20,25). The fraction of sp³-hybridized carbons (Fsp3) is 0.625.